The maximum absolute atomic E-state index is 12.3. The maximum atomic E-state index is 12.3. The highest BCUT2D eigenvalue weighted by Crippen LogP contribution is 2.28. The van der Waals surface area contributed by atoms with Gasteiger partial charge >= 0.3 is 0 Å². The summed E-state index contributed by atoms with van der Waals surface area (Å²) in [6.45, 7) is 21.7. The molecule has 9 heteroatoms. The number of benzene rings is 2. The zero-order valence-electron chi connectivity index (χ0n) is 30.7. The molecular formula is C40H51Br3N4O2. The normalized spacial score (nSPS) is 9.27. The highest BCUT2D eigenvalue weighted by molar-refractivity contribution is 9.93. The first-order valence-corrected chi connectivity index (χ1v) is 21.5. The molecule has 0 fully saturated rings. The van der Waals surface area contributed by atoms with E-state index >= 15 is 0 Å². The molecule has 0 saturated carbocycles. The predicted molar refractivity (Wildman–Crippen MR) is 222 cm³/mol. The molecule has 2 aromatic carbocycles. The van der Waals surface area contributed by atoms with Crippen molar-refractivity contribution in [3.8, 4) is 22.5 Å². The molecule has 0 N–H and O–H groups in total. The van der Waals surface area contributed by atoms with Gasteiger partial charge in [0.25, 0.3) is 0 Å². The van der Waals surface area contributed by atoms with Crippen LogP contribution in [0.2, 0.25) is 0 Å². The Balaban J connectivity index is 0.000000751. The van der Waals surface area contributed by atoms with E-state index in [0.29, 0.717) is 16.5 Å². The highest BCUT2D eigenvalue weighted by Gasteiger charge is 2.20. The lowest BCUT2D eigenvalue weighted by Crippen LogP contribution is -2.01. The van der Waals surface area contributed by atoms with Crippen molar-refractivity contribution in [3.05, 3.63) is 120 Å². The number of carbonyl (C=O) groups excluding carboxylic acids is 2. The van der Waals surface area contributed by atoms with Gasteiger partial charge in [0.05, 0.1) is 27.5 Å². The summed E-state index contributed by atoms with van der Waals surface area (Å²) in [6.07, 6.45) is 3.72. The molecule has 4 heterocycles. The SMILES string of the molecule is BrBr.CC.CC.CC.CC.CC(=O)c1c(-c2cccc(C)c2)nn2ccccc12.Cc1cccc(-c2nn3ccccc3c2C(=O)CBr)c1. The van der Waals surface area contributed by atoms with Crippen LogP contribution in [-0.2, 0) is 0 Å². The molecule has 4 aromatic heterocycles. The summed E-state index contributed by atoms with van der Waals surface area (Å²) in [4.78, 5) is 24.2. The Bertz CT molecular complexity index is 1840. The number of nitrogens with zero attached hydrogens (tertiary/aromatic N) is 4. The second-order valence-corrected chi connectivity index (χ2v) is 9.92. The Morgan fingerprint density at radius 2 is 0.980 bits per heavy atom. The van der Waals surface area contributed by atoms with Gasteiger partial charge in [-0.15, -0.1) is 0 Å². The van der Waals surface area contributed by atoms with Crippen LogP contribution in [0.1, 0.15) is 94.2 Å². The van der Waals surface area contributed by atoms with E-state index in [2.05, 4.69) is 54.4 Å². The molecule has 0 aliphatic carbocycles. The van der Waals surface area contributed by atoms with E-state index < -0.39 is 0 Å². The van der Waals surface area contributed by atoms with Gasteiger partial charge in [0.2, 0.25) is 0 Å². The van der Waals surface area contributed by atoms with Crippen LogP contribution in [0.4, 0.5) is 0 Å². The van der Waals surface area contributed by atoms with Crippen molar-refractivity contribution in [2.75, 3.05) is 5.33 Å². The van der Waals surface area contributed by atoms with Crippen molar-refractivity contribution in [1.82, 2.24) is 19.2 Å². The van der Waals surface area contributed by atoms with Crippen LogP contribution in [0.5, 0.6) is 0 Å². The smallest absolute Gasteiger partial charge is 0.177 e. The second kappa shape index (κ2) is 25.6. The Kier molecular flexibility index (Phi) is 23.8. The minimum Gasteiger partial charge on any atom is -0.294 e. The van der Waals surface area contributed by atoms with E-state index in [-0.39, 0.29) is 11.6 Å². The molecule has 0 spiro atoms. The van der Waals surface area contributed by atoms with Gasteiger partial charge < -0.3 is 0 Å². The standard InChI is InChI=1S/C16H13BrN2O.C16H14N2O.4C2H6.Br2/c1-11-5-4-6-12(9-11)16-15(14(20)10-17)13-7-2-3-8-19(13)18-16;1-11-6-5-7-13(10-11)16-15(12(2)19)14-8-3-4-9-18(14)17-16;5*1-2/h2-9H,10H2,1H3;3-10H,1-2H3;4*1-2H3;. The summed E-state index contributed by atoms with van der Waals surface area (Å²) in [5.41, 5.74) is 8.80. The van der Waals surface area contributed by atoms with Gasteiger partial charge in [0, 0.05) is 51.8 Å². The molecule has 0 saturated heterocycles. The molecule has 0 unspecified atom stereocenters. The summed E-state index contributed by atoms with van der Waals surface area (Å²) in [7, 11) is 0. The van der Waals surface area contributed by atoms with Gasteiger partial charge in [0.15, 0.2) is 11.6 Å². The van der Waals surface area contributed by atoms with E-state index in [1.165, 1.54) is 0 Å². The third-order valence-corrected chi connectivity index (χ3v) is 6.92. The topological polar surface area (TPSA) is 68.7 Å². The fourth-order valence-electron chi connectivity index (χ4n) is 4.68. The van der Waals surface area contributed by atoms with Crippen molar-refractivity contribution < 1.29 is 9.59 Å². The third kappa shape index (κ3) is 12.5. The van der Waals surface area contributed by atoms with E-state index in [1.807, 2.05) is 167 Å². The quantitative estimate of drug-likeness (QED) is 0.128. The molecule has 0 bridgehead atoms. The Morgan fingerprint density at radius 3 is 1.35 bits per heavy atom. The van der Waals surface area contributed by atoms with Crippen LogP contribution in [0, 0.1) is 13.8 Å². The molecule has 0 aliphatic rings. The minimum absolute atomic E-state index is 0.0395. The van der Waals surface area contributed by atoms with E-state index in [1.54, 1.807) is 16.0 Å². The van der Waals surface area contributed by atoms with E-state index in [4.69, 9.17) is 0 Å². The van der Waals surface area contributed by atoms with E-state index in [0.717, 1.165) is 44.7 Å². The largest absolute Gasteiger partial charge is 0.294 e. The van der Waals surface area contributed by atoms with Crippen LogP contribution in [0.3, 0.4) is 0 Å². The van der Waals surface area contributed by atoms with Crippen molar-refractivity contribution in [1.29, 1.82) is 0 Å². The van der Waals surface area contributed by atoms with Crippen molar-refractivity contribution in [3.63, 3.8) is 0 Å². The van der Waals surface area contributed by atoms with Crippen molar-refractivity contribution in [2.24, 2.45) is 0 Å². The lowest BCUT2D eigenvalue weighted by Gasteiger charge is -2.02. The first kappa shape index (κ1) is 45.6. The minimum atomic E-state index is 0.0395. The first-order valence-electron chi connectivity index (χ1n) is 16.7. The summed E-state index contributed by atoms with van der Waals surface area (Å²) in [5.74, 6) is 0.0837. The highest BCUT2D eigenvalue weighted by atomic mass is 80.9. The lowest BCUT2D eigenvalue weighted by atomic mass is 10.0. The number of aryl methyl sites for hydroxylation is 2. The second-order valence-electron chi connectivity index (χ2n) is 9.36. The number of ketones is 2. The Morgan fingerprint density at radius 1 is 0.592 bits per heavy atom. The molecule has 49 heavy (non-hydrogen) atoms. The predicted octanol–water partition coefficient (Wildman–Crippen LogP) is 13.2. The van der Waals surface area contributed by atoms with Crippen LogP contribution in [0.25, 0.3) is 33.5 Å². The number of hydrogen-bond donors (Lipinski definition) is 0. The average molecular weight is 860 g/mol. The van der Waals surface area contributed by atoms with Crippen LogP contribution in [0.15, 0.2) is 97.3 Å². The molecule has 6 rings (SSSR count). The molecule has 0 amide bonds. The van der Waals surface area contributed by atoms with Crippen molar-refractivity contribution in [2.45, 2.75) is 76.2 Å². The number of pyridine rings is 2. The summed E-state index contributed by atoms with van der Waals surface area (Å²) < 4.78 is 3.52. The van der Waals surface area contributed by atoms with E-state index in [9.17, 15) is 9.59 Å². The fourth-order valence-corrected chi connectivity index (χ4v) is 4.96. The maximum Gasteiger partial charge on any atom is 0.177 e. The number of halogens is 3. The van der Waals surface area contributed by atoms with Gasteiger partial charge in [-0.3, -0.25) is 9.59 Å². The molecule has 0 aliphatic heterocycles. The number of aromatic nitrogens is 4. The van der Waals surface area contributed by atoms with Gasteiger partial charge in [0.1, 0.15) is 11.4 Å². The Hall–Kier alpha value is -3.40. The van der Waals surface area contributed by atoms with Gasteiger partial charge in [-0.25, -0.2) is 9.03 Å². The fraction of sp³-hybridized carbons (Fsp3) is 0.300. The van der Waals surface area contributed by atoms with Gasteiger partial charge in [-0.1, -0.05) is 131 Å². The lowest BCUT2D eigenvalue weighted by molar-refractivity contribution is 0.101. The molecule has 0 atom stereocenters. The van der Waals surface area contributed by atoms with Gasteiger partial charge in [-0.05, 0) is 57.2 Å². The average Bonchev–Trinajstić information content (AvgIpc) is 3.76. The van der Waals surface area contributed by atoms with Crippen molar-refractivity contribution >= 4 is 66.8 Å². The number of fused-ring (bicyclic) bond motifs is 2. The van der Waals surface area contributed by atoms with Crippen LogP contribution >= 0.6 is 44.2 Å². The molecule has 0 radical (unpaired) electrons. The number of hydrogen-bond acceptors (Lipinski definition) is 4. The molecule has 6 aromatic rings. The number of rotatable bonds is 5. The summed E-state index contributed by atoms with van der Waals surface area (Å²) in [6, 6.07) is 27.6. The first-order chi connectivity index (χ1) is 23.9. The molecule has 264 valence electrons. The Labute approximate surface area is 317 Å². The number of carbonyl (C=O) groups is 2. The molecule has 6 nitrogen and oxygen atoms in total. The van der Waals surface area contributed by atoms with Crippen LogP contribution in [-0.4, -0.2) is 36.1 Å². The van der Waals surface area contributed by atoms with Gasteiger partial charge in [-0.2, -0.15) is 10.2 Å². The zero-order chi connectivity index (χ0) is 37.5. The zero-order valence-corrected chi connectivity index (χ0v) is 35.4. The summed E-state index contributed by atoms with van der Waals surface area (Å²) >= 11 is 8.76. The summed E-state index contributed by atoms with van der Waals surface area (Å²) in [5, 5.41) is 9.40. The third-order valence-electron chi connectivity index (χ3n) is 6.42. The van der Waals surface area contributed by atoms with Crippen LogP contribution < -0.4 is 0 Å². The monoisotopic (exact) mass is 856 g/mol. The number of alkyl halides is 1. The molecular weight excluding hydrogens is 808 g/mol. The number of Topliss-reactive ketones (excluding diaryl/α,β-unsaturated/α-hetero) is 2.